The zero-order chi connectivity index (χ0) is 24.6. The van der Waals surface area contributed by atoms with Gasteiger partial charge < -0.3 is 20.2 Å². The summed E-state index contributed by atoms with van der Waals surface area (Å²) < 4.78 is 31.9. The molecule has 180 valence electrons. The minimum absolute atomic E-state index is 0.0362. The number of nitro groups is 1. The van der Waals surface area contributed by atoms with Gasteiger partial charge in [0, 0.05) is 36.6 Å². The second-order valence-corrected chi connectivity index (χ2v) is 8.83. The van der Waals surface area contributed by atoms with Gasteiger partial charge in [-0.15, -0.1) is 0 Å². The average molecular weight is 491 g/mol. The van der Waals surface area contributed by atoms with Crippen LogP contribution in [0.1, 0.15) is 0 Å². The fourth-order valence-corrected chi connectivity index (χ4v) is 4.34. The Morgan fingerprint density at radius 2 is 1.82 bits per heavy atom. The fraction of sp³-hybridized carbons (Fsp3) is 0.250. The van der Waals surface area contributed by atoms with Crippen LogP contribution in [0.2, 0.25) is 0 Å². The number of non-ortho nitro benzene ring substituents is 1. The fourth-order valence-electron chi connectivity index (χ4n) is 2.89. The number of amides is 2. The van der Waals surface area contributed by atoms with Crippen molar-refractivity contribution in [1.29, 1.82) is 0 Å². The van der Waals surface area contributed by atoms with Gasteiger partial charge in [-0.1, -0.05) is 11.2 Å². The molecule has 1 fully saturated rings. The van der Waals surface area contributed by atoms with Crippen molar-refractivity contribution in [3.63, 3.8) is 0 Å². The predicted molar refractivity (Wildman–Crippen MR) is 121 cm³/mol. The molecule has 0 radical (unpaired) electrons. The first-order valence-corrected chi connectivity index (χ1v) is 11.4. The highest BCUT2D eigenvalue weighted by atomic mass is 32.2. The maximum absolute atomic E-state index is 12.7. The summed E-state index contributed by atoms with van der Waals surface area (Å²) in [6.45, 7) is 0.617. The highest BCUT2D eigenvalue weighted by molar-refractivity contribution is 7.89. The SMILES string of the molecule is O=C(/C=N\OCC(=O)Nc1cccc(S(=O)(=O)N2CCOCC2)c1)Nc1ccc([N+](=O)[O-])cc1. The number of hydrogen-bond donors (Lipinski definition) is 2. The summed E-state index contributed by atoms with van der Waals surface area (Å²) in [6.07, 6.45) is 0.796. The molecule has 34 heavy (non-hydrogen) atoms. The molecule has 13 nitrogen and oxygen atoms in total. The molecule has 0 atom stereocenters. The van der Waals surface area contributed by atoms with Gasteiger partial charge in [-0.2, -0.15) is 4.31 Å². The molecule has 0 saturated carbocycles. The first-order chi connectivity index (χ1) is 16.3. The first kappa shape index (κ1) is 24.8. The maximum atomic E-state index is 12.7. The van der Waals surface area contributed by atoms with Gasteiger partial charge in [0.25, 0.3) is 17.5 Å². The minimum Gasteiger partial charge on any atom is -0.385 e. The zero-order valence-corrected chi connectivity index (χ0v) is 18.6. The van der Waals surface area contributed by atoms with Gasteiger partial charge in [-0.05, 0) is 30.3 Å². The Morgan fingerprint density at radius 3 is 2.50 bits per heavy atom. The van der Waals surface area contributed by atoms with Crippen LogP contribution in [0.4, 0.5) is 17.1 Å². The van der Waals surface area contributed by atoms with Crippen molar-refractivity contribution >= 4 is 45.1 Å². The maximum Gasteiger partial charge on any atom is 0.270 e. The predicted octanol–water partition coefficient (Wildman–Crippen LogP) is 1.20. The highest BCUT2D eigenvalue weighted by Gasteiger charge is 2.26. The van der Waals surface area contributed by atoms with Crippen LogP contribution in [0.5, 0.6) is 0 Å². The van der Waals surface area contributed by atoms with Crippen molar-refractivity contribution in [3.05, 3.63) is 58.6 Å². The molecule has 1 aliphatic rings. The third-order valence-corrected chi connectivity index (χ3v) is 6.41. The van der Waals surface area contributed by atoms with E-state index in [0.717, 1.165) is 6.21 Å². The number of oxime groups is 1. The lowest BCUT2D eigenvalue weighted by molar-refractivity contribution is -0.384. The molecule has 1 saturated heterocycles. The number of nitrogens with zero attached hydrogens (tertiary/aromatic N) is 3. The molecule has 2 aromatic carbocycles. The molecule has 0 aromatic heterocycles. The number of ether oxygens (including phenoxy) is 1. The van der Waals surface area contributed by atoms with Crippen LogP contribution >= 0.6 is 0 Å². The molecule has 0 unspecified atom stereocenters. The van der Waals surface area contributed by atoms with E-state index in [1.54, 1.807) is 0 Å². The summed E-state index contributed by atoms with van der Waals surface area (Å²) in [5.41, 5.74) is 0.444. The Balaban J connectivity index is 1.47. The average Bonchev–Trinajstić information content (AvgIpc) is 2.83. The molecular weight excluding hydrogens is 470 g/mol. The molecule has 2 amide bonds. The van der Waals surface area contributed by atoms with Gasteiger partial charge in [-0.25, -0.2) is 8.42 Å². The summed E-state index contributed by atoms with van der Waals surface area (Å²) in [4.78, 5) is 38.7. The summed E-state index contributed by atoms with van der Waals surface area (Å²) in [6, 6.07) is 11.0. The molecular formula is C20H21N5O8S. The van der Waals surface area contributed by atoms with Crippen molar-refractivity contribution in [3.8, 4) is 0 Å². The minimum atomic E-state index is -3.71. The standard InChI is InChI=1S/C20H21N5O8S/c26-19(22-15-4-6-17(7-5-15)25(28)29)13-21-33-14-20(27)23-16-2-1-3-18(12-16)34(30,31)24-8-10-32-11-9-24/h1-7,12-13H,8-11,14H2,(H,22,26)(H,23,27)/b21-13-. The normalized spacial score (nSPS) is 14.5. The van der Waals surface area contributed by atoms with Gasteiger partial charge in [0.2, 0.25) is 10.0 Å². The van der Waals surface area contributed by atoms with Crippen molar-refractivity contribution in [1.82, 2.24) is 4.31 Å². The lowest BCUT2D eigenvalue weighted by Crippen LogP contribution is -2.40. The van der Waals surface area contributed by atoms with E-state index >= 15 is 0 Å². The number of morpholine rings is 1. The lowest BCUT2D eigenvalue weighted by atomic mass is 10.3. The number of carbonyl (C=O) groups excluding carboxylic acids is 2. The van der Waals surface area contributed by atoms with Gasteiger partial charge in [0.15, 0.2) is 6.61 Å². The number of carbonyl (C=O) groups is 2. The van der Waals surface area contributed by atoms with Crippen molar-refractivity contribution in [2.75, 3.05) is 43.5 Å². The van der Waals surface area contributed by atoms with Crippen LogP contribution in [0.15, 0.2) is 58.6 Å². The Bertz CT molecular complexity index is 1180. The van der Waals surface area contributed by atoms with E-state index in [4.69, 9.17) is 9.57 Å². The van der Waals surface area contributed by atoms with Gasteiger partial charge in [0.05, 0.1) is 23.0 Å². The van der Waals surface area contributed by atoms with E-state index in [2.05, 4.69) is 15.8 Å². The van der Waals surface area contributed by atoms with Crippen LogP contribution < -0.4 is 10.6 Å². The Labute approximate surface area is 194 Å². The molecule has 1 heterocycles. The van der Waals surface area contributed by atoms with Crippen LogP contribution in [-0.4, -0.2) is 68.6 Å². The zero-order valence-electron chi connectivity index (χ0n) is 17.7. The second kappa shape index (κ2) is 11.3. The number of nitro benzene ring substituents is 1. The van der Waals surface area contributed by atoms with E-state index in [1.165, 1.54) is 52.8 Å². The third-order valence-electron chi connectivity index (χ3n) is 4.51. The quantitative estimate of drug-likeness (QED) is 0.299. The smallest absolute Gasteiger partial charge is 0.270 e. The van der Waals surface area contributed by atoms with E-state index < -0.39 is 33.4 Å². The number of rotatable bonds is 9. The largest absolute Gasteiger partial charge is 0.385 e. The monoisotopic (exact) mass is 491 g/mol. The second-order valence-electron chi connectivity index (χ2n) is 6.89. The Kier molecular flexibility index (Phi) is 8.24. The summed E-state index contributed by atoms with van der Waals surface area (Å²) in [7, 11) is -3.71. The van der Waals surface area contributed by atoms with E-state index in [9.17, 15) is 28.1 Å². The highest BCUT2D eigenvalue weighted by Crippen LogP contribution is 2.20. The molecule has 1 aliphatic heterocycles. The molecule has 0 spiro atoms. The number of anilines is 2. The summed E-state index contributed by atoms with van der Waals surface area (Å²) in [5, 5.41) is 18.9. The molecule has 0 bridgehead atoms. The number of benzene rings is 2. The van der Waals surface area contributed by atoms with Gasteiger partial charge in [0.1, 0.15) is 6.21 Å². The molecule has 14 heteroatoms. The molecule has 2 N–H and O–H groups in total. The molecule has 2 aromatic rings. The number of hydrogen-bond acceptors (Lipinski definition) is 9. The molecule has 3 rings (SSSR count). The van der Waals surface area contributed by atoms with Gasteiger partial charge >= 0.3 is 0 Å². The Morgan fingerprint density at radius 1 is 1.12 bits per heavy atom. The van der Waals surface area contributed by atoms with Gasteiger partial charge in [-0.3, -0.25) is 19.7 Å². The summed E-state index contributed by atoms with van der Waals surface area (Å²) >= 11 is 0. The van der Waals surface area contributed by atoms with E-state index in [1.807, 2.05) is 0 Å². The van der Waals surface area contributed by atoms with Crippen molar-refractivity contribution < 1.29 is 32.5 Å². The Hall–Kier alpha value is -3.88. The first-order valence-electron chi connectivity index (χ1n) is 9.94. The van der Waals surface area contributed by atoms with Crippen LogP contribution in [0, 0.1) is 10.1 Å². The van der Waals surface area contributed by atoms with Crippen LogP contribution in [0.25, 0.3) is 0 Å². The third kappa shape index (κ3) is 6.81. The van der Waals surface area contributed by atoms with Crippen molar-refractivity contribution in [2.24, 2.45) is 5.16 Å². The molecule has 0 aliphatic carbocycles. The van der Waals surface area contributed by atoms with E-state index in [0.29, 0.717) is 18.9 Å². The number of sulfonamides is 1. The van der Waals surface area contributed by atoms with Crippen LogP contribution in [-0.2, 0) is 29.2 Å². The van der Waals surface area contributed by atoms with Crippen LogP contribution in [0.3, 0.4) is 0 Å². The van der Waals surface area contributed by atoms with E-state index in [-0.39, 0.29) is 29.4 Å². The van der Waals surface area contributed by atoms with Crippen molar-refractivity contribution in [2.45, 2.75) is 4.90 Å². The lowest BCUT2D eigenvalue weighted by Gasteiger charge is -2.26. The topological polar surface area (TPSA) is 170 Å². The summed E-state index contributed by atoms with van der Waals surface area (Å²) in [5.74, 6) is -1.29. The number of nitrogens with one attached hydrogen (secondary N) is 2.